The van der Waals surface area contributed by atoms with E-state index in [1.165, 1.54) is 14.2 Å². The van der Waals surface area contributed by atoms with Crippen molar-refractivity contribution in [3.8, 4) is 23.5 Å². The molecule has 0 N–H and O–H groups in total. The molecule has 0 aliphatic carbocycles. The number of nitrogens with zero attached hydrogens (tertiary/aromatic N) is 1. The van der Waals surface area contributed by atoms with E-state index in [0.717, 1.165) is 12.0 Å². The highest BCUT2D eigenvalue weighted by atomic mass is 16.5. The zero-order chi connectivity index (χ0) is 11.3. The SMILES string of the molecule is CCc1cc(OC)c(OC#N)c(OC)c1. The molecule has 1 aromatic rings. The molecule has 0 aliphatic rings. The van der Waals surface area contributed by atoms with Crippen LogP contribution in [0.5, 0.6) is 17.2 Å². The first-order valence-corrected chi connectivity index (χ1v) is 4.57. The molecule has 0 fully saturated rings. The zero-order valence-corrected chi connectivity index (χ0v) is 9.03. The monoisotopic (exact) mass is 207 g/mol. The second-order valence-corrected chi connectivity index (χ2v) is 2.88. The van der Waals surface area contributed by atoms with Gasteiger partial charge in [0.25, 0.3) is 6.26 Å². The molecule has 4 nitrogen and oxygen atoms in total. The van der Waals surface area contributed by atoms with Crippen LogP contribution in [0.25, 0.3) is 0 Å². The lowest BCUT2D eigenvalue weighted by Gasteiger charge is -2.11. The van der Waals surface area contributed by atoms with Crippen LogP contribution in [0.3, 0.4) is 0 Å². The Morgan fingerprint density at radius 2 is 1.73 bits per heavy atom. The van der Waals surface area contributed by atoms with Crippen LogP contribution in [0.15, 0.2) is 12.1 Å². The van der Waals surface area contributed by atoms with Gasteiger partial charge in [-0.05, 0) is 24.1 Å². The van der Waals surface area contributed by atoms with Crippen LogP contribution in [0, 0.1) is 11.5 Å². The van der Waals surface area contributed by atoms with Crippen molar-refractivity contribution in [1.82, 2.24) is 0 Å². The maximum absolute atomic E-state index is 8.50. The number of hydrogen-bond donors (Lipinski definition) is 0. The minimum atomic E-state index is 0.319. The quantitative estimate of drug-likeness (QED) is 0.709. The molecule has 1 rings (SSSR count). The van der Waals surface area contributed by atoms with E-state index in [4.69, 9.17) is 19.5 Å². The number of nitriles is 1. The Bertz CT molecular complexity index is 357. The maximum atomic E-state index is 8.50. The zero-order valence-electron chi connectivity index (χ0n) is 9.03. The average molecular weight is 207 g/mol. The predicted octanol–water partition coefficient (Wildman–Crippen LogP) is 2.13. The molecule has 15 heavy (non-hydrogen) atoms. The Kier molecular flexibility index (Phi) is 3.81. The molecule has 0 spiro atoms. The van der Waals surface area contributed by atoms with Gasteiger partial charge in [0.1, 0.15) is 0 Å². The summed E-state index contributed by atoms with van der Waals surface area (Å²) in [6, 6.07) is 3.66. The van der Waals surface area contributed by atoms with Crippen molar-refractivity contribution in [3.63, 3.8) is 0 Å². The van der Waals surface area contributed by atoms with E-state index < -0.39 is 0 Å². The highest BCUT2D eigenvalue weighted by Gasteiger charge is 2.13. The summed E-state index contributed by atoms with van der Waals surface area (Å²) in [7, 11) is 3.05. The van der Waals surface area contributed by atoms with Gasteiger partial charge in [0.05, 0.1) is 14.2 Å². The van der Waals surface area contributed by atoms with Crippen LogP contribution in [-0.2, 0) is 6.42 Å². The molecule has 1 aromatic carbocycles. The highest BCUT2D eigenvalue weighted by molar-refractivity contribution is 5.54. The van der Waals surface area contributed by atoms with Crippen LogP contribution in [0.1, 0.15) is 12.5 Å². The van der Waals surface area contributed by atoms with Crippen molar-refractivity contribution in [2.75, 3.05) is 14.2 Å². The van der Waals surface area contributed by atoms with Gasteiger partial charge in [-0.2, -0.15) is 0 Å². The molecule has 0 atom stereocenters. The maximum Gasteiger partial charge on any atom is 0.292 e. The highest BCUT2D eigenvalue weighted by Crippen LogP contribution is 2.38. The summed E-state index contributed by atoms with van der Waals surface area (Å²) < 4.78 is 15.1. The average Bonchev–Trinajstić information content (AvgIpc) is 2.29. The number of methoxy groups -OCH3 is 2. The van der Waals surface area contributed by atoms with Gasteiger partial charge in [0.15, 0.2) is 11.5 Å². The van der Waals surface area contributed by atoms with Crippen LogP contribution in [-0.4, -0.2) is 14.2 Å². The molecule has 4 heteroatoms. The van der Waals surface area contributed by atoms with Crippen molar-refractivity contribution < 1.29 is 14.2 Å². The fraction of sp³-hybridized carbons (Fsp3) is 0.364. The summed E-state index contributed by atoms with van der Waals surface area (Å²) in [6.07, 6.45) is 2.47. The molecule has 0 saturated carbocycles. The van der Waals surface area contributed by atoms with Crippen LogP contribution in [0.4, 0.5) is 0 Å². The lowest BCUT2D eigenvalue weighted by Crippen LogP contribution is -1.96. The van der Waals surface area contributed by atoms with Crippen molar-refractivity contribution in [2.24, 2.45) is 0 Å². The molecule has 0 heterocycles. The van der Waals surface area contributed by atoms with Crippen molar-refractivity contribution in [2.45, 2.75) is 13.3 Å². The van der Waals surface area contributed by atoms with Crippen LogP contribution in [0.2, 0.25) is 0 Å². The van der Waals surface area contributed by atoms with Gasteiger partial charge >= 0.3 is 0 Å². The third-order valence-corrected chi connectivity index (χ3v) is 2.08. The van der Waals surface area contributed by atoms with Crippen LogP contribution >= 0.6 is 0 Å². The second kappa shape index (κ2) is 5.11. The molecule has 0 bridgehead atoms. The fourth-order valence-corrected chi connectivity index (χ4v) is 1.28. The fourth-order valence-electron chi connectivity index (χ4n) is 1.28. The Hall–Kier alpha value is -1.89. The van der Waals surface area contributed by atoms with E-state index in [9.17, 15) is 0 Å². The van der Waals surface area contributed by atoms with E-state index in [1.807, 2.05) is 19.1 Å². The van der Waals surface area contributed by atoms with Gasteiger partial charge in [0, 0.05) is 0 Å². The summed E-state index contributed by atoms with van der Waals surface area (Å²) >= 11 is 0. The molecule has 0 saturated heterocycles. The molecule has 0 radical (unpaired) electrons. The van der Waals surface area contributed by atoms with Gasteiger partial charge < -0.3 is 14.2 Å². The van der Waals surface area contributed by atoms with Crippen molar-refractivity contribution in [3.05, 3.63) is 17.7 Å². The van der Waals surface area contributed by atoms with Crippen molar-refractivity contribution >= 4 is 0 Å². The molecule has 0 unspecified atom stereocenters. The first-order chi connectivity index (χ1) is 7.26. The van der Waals surface area contributed by atoms with Gasteiger partial charge in [0.2, 0.25) is 5.75 Å². The Balaban J connectivity index is 3.27. The number of hydrogen-bond acceptors (Lipinski definition) is 4. The Morgan fingerprint density at radius 1 is 1.20 bits per heavy atom. The third-order valence-electron chi connectivity index (χ3n) is 2.08. The van der Waals surface area contributed by atoms with E-state index >= 15 is 0 Å². The standard InChI is InChI=1S/C11H13NO3/c1-4-8-5-9(13-2)11(15-7-12)10(6-8)14-3/h5-6H,4H2,1-3H3. The summed E-state index contributed by atoms with van der Waals surface area (Å²) in [5, 5.41) is 8.50. The number of ether oxygens (including phenoxy) is 3. The van der Waals surface area contributed by atoms with E-state index in [0.29, 0.717) is 17.2 Å². The first-order valence-electron chi connectivity index (χ1n) is 4.57. The van der Waals surface area contributed by atoms with Gasteiger partial charge in [-0.25, -0.2) is 0 Å². The van der Waals surface area contributed by atoms with Gasteiger partial charge in [-0.15, -0.1) is 5.26 Å². The third kappa shape index (κ3) is 2.32. The van der Waals surface area contributed by atoms with E-state index in [2.05, 4.69) is 0 Å². The largest absolute Gasteiger partial charge is 0.493 e. The Morgan fingerprint density at radius 3 is 2.07 bits per heavy atom. The lowest BCUT2D eigenvalue weighted by atomic mass is 10.1. The predicted molar refractivity (Wildman–Crippen MR) is 55.2 cm³/mol. The smallest absolute Gasteiger partial charge is 0.292 e. The molecule has 0 amide bonds. The lowest BCUT2D eigenvalue weighted by molar-refractivity contribution is 0.351. The van der Waals surface area contributed by atoms with Gasteiger partial charge in [-0.1, -0.05) is 6.92 Å². The van der Waals surface area contributed by atoms with Crippen molar-refractivity contribution in [1.29, 1.82) is 5.26 Å². The van der Waals surface area contributed by atoms with Crippen LogP contribution < -0.4 is 14.2 Å². The minimum absolute atomic E-state index is 0.319. The molecule has 0 aromatic heterocycles. The summed E-state index contributed by atoms with van der Waals surface area (Å²) in [6.45, 7) is 2.03. The van der Waals surface area contributed by atoms with E-state index in [-0.39, 0.29) is 0 Å². The number of benzene rings is 1. The first kappa shape index (κ1) is 11.2. The minimum Gasteiger partial charge on any atom is -0.493 e. The second-order valence-electron chi connectivity index (χ2n) is 2.88. The molecule has 0 aliphatic heterocycles. The summed E-state index contributed by atoms with van der Waals surface area (Å²) in [5.74, 6) is 1.33. The molecular formula is C11H13NO3. The van der Waals surface area contributed by atoms with E-state index in [1.54, 1.807) is 6.26 Å². The summed E-state index contributed by atoms with van der Waals surface area (Å²) in [4.78, 5) is 0. The topological polar surface area (TPSA) is 51.5 Å². The Labute approximate surface area is 89.0 Å². The summed E-state index contributed by atoms with van der Waals surface area (Å²) in [5.41, 5.74) is 1.06. The normalized spacial score (nSPS) is 9.20. The molecule has 80 valence electrons. The molecular weight excluding hydrogens is 194 g/mol. The van der Waals surface area contributed by atoms with Gasteiger partial charge in [-0.3, -0.25) is 0 Å². The number of rotatable bonds is 4. The number of aryl methyl sites for hydroxylation is 1.